The minimum Gasteiger partial charge on any atom is -0.507 e. The number of aryl methyl sites for hydroxylation is 1. The minimum absolute atomic E-state index is 0.00923. The average Bonchev–Trinajstić information content (AvgIpc) is 3.16. The predicted molar refractivity (Wildman–Crippen MR) is 100 cm³/mol. The van der Waals surface area contributed by atoms with Crippen LogP contribution in [0.15, 0.2) is 53.1 Å². The van der Waals surface area contributed by atoms with Gasteiger partial charge in [0.25, 0.3) is 0 Å². The van der Waals surface area contributed by atoms with Crippen LogP contribution in [0.25, 0.3) is 11.5 Å². The summed E-state index contributed by atoms with van der Waals surface area (Å²) in [6.45, 7) is 2.42. The molecule has 0 saturated heterocycles. The van der Waals surface area contributed by atoms with Crippen LogP contribution in [0.1, 0.15) is 29.4 Å². The van der Waals surface area contributed by atoms with E-state index in [1.807, 2.05) is 19.1 Å². The van der Waals surface area contributed by atoms with Gasteiger partial charge in [0.05, 0.1) is 25.0 Å². The molecule has 0 unspecified atom stereocenters. The van der Waals surface area contributed by atoms with Gasteiger partial charge in [0, 0.05) is 18.4 Å². The Morgan fingerprint density at radius 2 is 2.00 bits per heavy atom. The molecule has 0 amide bonds. The van der Waals surface area contributed by atoms with Gasteiger partial charge in [0.2, 0.25) is 5.89 Å². The Morgan fingerprint density at radius 3 is 2.74 bits per heavy atom. The van der Waals surface area contributed by atoms with Crippen LogP contribution in [0.4, 0.5) is 0 Å². The molecule has 1 heterocycles. The molecule has 0 aliphatic carbocycles. The topological polar surface area (TPSA) is 81.8 Å². The van der Waals surface area contributed by atoms with Gasteiger partial charge >= 0.3 is 0 Å². The summed E-state index contributed by atoms with van der Waals surface area (Å²) in [6, 6.07) is 12.0. The zero-order valence-corrected chi connectivity index (χ0v) is 15.3. The highest BCUT2D eigenvalue weighted by molar-refractivity contribution is 5.98. The summed E-state index contributed by atoms with van der Waals surface area (Å²) >= 11 is 0. The number of carbonyl (C=O) groups is 1. The normalized spacial score (nSPS) is 10.6. The summed E-state index contributed by atoms with van der Waals surface area (Å²) in [5, 5.41) is 9.77. The lowest BCUT2D eigenvalue weighted by atomic mass is 10.0. The van der Waals surface area contributed by atoms with Crippen molar-refractivity contribution in [2.45, 2.75) is 19.8 Å². The largest absolute Gasteiger partial charge is 0.507 e. The maximum absolute atomic E-state index is 12.3. The van der Waals surface area contributed by atoms with E-state index in [-0.39, 0.29) is 18.0 Å². The van der Waals surface area contributed by atoms with Crippen LogP contribution in [0.3, 0.4) is 0 Å². The molecule has 140 valence electrons. The number of oxazole rings is 1. The summed E-state index contributed by atoms with van der Waals surface area (Å²) < 4.78 is 16.4. The highest BCUT2D eigenvalue weighted by Gasteiger charge is 2.14. The number of para-hydroxylation sites is 1. The highest BCUT2D eigenvalue weighted by atomic mass is 16.5. The van der Waals surface area contributed by atoms with Crippen LogP contribution in [0, 0.1) is 0 Å². The van der Waals surface area contributed by atoms with E-state index in [4.69, 9.17) is 13.9 Å². The maximum Gasteiger partial charge on any atom is 0.226 e. The van der Waals surface area contributed by atoms with E-state index in [1.165, 1.54) is 12.3 Å². The molecule has 27 heavy (non-hydrogen) atoms. The van der Waals surface area contributed by atoms with E-state index in [0.29, 0.717) is 41.7 Å². The van der Waals surface area contributed by atoms with Crippen molar-refractivity contribution >= 4 is 5.78 Å². The number of carbonyl (C=O) groups excluding carboxylic acids is 1. The molecule has 0 fully saturated rings. The molecule has 3 rings (SSSR count). The molecule has 0 saturated carbocycles. The van der Waals surface area contributed by atoms with Crippen LogP contribution >= 0.6 is 0 Å². The van der Waals surface area contributed by atoms with Crippen molar-refractivity contribution in [1.82, 2.24) is 4.98 Å². The Morgan fingerprint density at radius 1 is 1.19 bits per heavy atom. The van der Waals surface area contributed by atoms with E-state index in [0.717, 1.165) is 5.56 Å². The number of ether oxygens (including phenoxy) is 2. The van der Waals surface area contributed by atoms with Crippen LogP contribution in [0.2, 0.25) is 0 Å². The summed E-state index contributed by atoms with van der Waals surface area (Å²) in [5.41, 5.74) is 1.75. The molecule has 1 aromatic heterocycles. The Balaban J connectivity index is 1.71. The van der Waals surface area contributed by atoms with E-state index in [1.54, 1.807) is 31.4 Å². The number of phenolic OH excluding ortho intramolecular Hbond substituents is 1. The Labute approximate surface area is 157 Å². The molecule has 0 bridgehead atoms. The first kappa shape index (κ1) is 18.5. The van der Waals surface area contributed by atoms with Crippen molar-refractivity contribution in [3.05, 3.63) is 60.0 Å². The third-order valence-electron chi connectivity index (χ3n) is 4.07. The molecule has 0 spiro atoms. The van der Waals surface area contributed by atoms with E-state index >= 15 is 0 Å². The molecule has 6 heteroatoms. The second-order valence-electron chi connectivity index (χ2n) is 5.88. The molecule has 6 nitrogen and oxygen atoms in total. The van der Waals surface area contributed by atoms with Crippen molar-refractivity contribution in [1.29, 1.82) is 0 Å². The van der Waals surface area contributed by atoms with Gasteiger partial charge in [-0.25, -0.2) is 4.98 Å². The minimum atomic E-state index is -0.138. The predicted octanol–water partition coefficient (Wildman–Crippen LogP) is 4.27. The van der Waals surface area contributed by atoms with Gasteiger partial charge in [-0.2, -0.15) is 0 Å². The first-order valence-corrected chi connectivity index (χ1v) is 8.69. The smallest absolute Gasteiger partial charge is 0.226 e. The number of phenols is 1. The number of hydrogen-bond acceptors (Lipinski definition) is 6. The number of ketones is 1. The average molecular weight is 367 g/mol. The number of methoxy groups -OCH3 is 1. The summed E-state index contributed by atoms with van der Waals surface area (Å²) in [6.07, 6.45) is 2.19. The second-order valence-corrected chi connectivity index (χ2v) is 5.88. The SMILES string of the molecule is CCOc1cc(-c2nc(CCC(=O)c3ccccc3O)co2)ccc1OC. The third kappa shape index (κ3) is 4.28. The Bertz CT molecular complexity index is 932. The van der Waals surface area contributed by atoms with Gasteiger partial charge in [0.1, 0.15) is 12.0 Å². The van der Waals surface area contributed by atoms with E-state index in [9.17, 15) is 9.90 Å². The Kier molecular flexibility index (Phi) is 5.76. The number of nitrogens with zero attached hydrogens (tertiary/aromatic N) is 1. The number of Topliss-reactive ketones (excluding diaryl/α,β-unsaturated/α-hetero) is 1. The maximum atomic E-state index is 12.3. The molecular formula is C21H21NO5. The molecule has 2 aromatic carbocycles. The number of rotatable bonds is 8. The van der Waals surface area contributed by atoms with Crippen LogP contribution in [-0.4, -0.2) is 29.6 Å². The van der Waals surface area contributed by atoms with Crippen molar-refractivity contribution in [3.63, 3.8) is 0 Å². The standard InChI is InChI=1S/C21H21NO5/c1-3-26-20-12-14(8-11-19(20)25-2)21-22-15(13-27-21)9-10-18(24)16-6-4-5-7-17(16)23/h4-8,11-13,23H,3,9-10H2,1-2H3. The van der Waals surface area contributed by atoms with Gasteiger partial charge in [-0.05, 0) is 37.3 Å². The van der Waals surface area contributed by atoms with Crippen LogP contribution in [-0.2, 0) is 6.42 Å². The molecule has 3 aromatic rings. The van der Waals surface area contributed by atoms with E-state index in [2.05, 4.69) is 4.98 Å². The molecule has 1 N–H and O–H groups in total. The van der Waals surface area contributed by atoms with Crippen molar-refractivity contribution in [2.24, 2.45) is 0 Å². The Hall–Kier alpha value is -3.28. The molecule has 0 aliphatic rings. The molecule has 0 radical (unpaired) electrons. The van der Waals surface area contributed by atoms with Crippen molar-refractivity contribution < 1.29 is 23.8 Å². The van der Waals surface area contributed by atoms with E-state index < -0.39 is 0 Å². The fourth-order valence-corrected chi connectivity index (χ4v) is 2.72. The first-order valence-electron chi connectivity index (χ1n) is 8.69. The highest BCUT2D eigenvalue weighted by Crippen LogP contribution is 2.32. The van der Waals surface area contributed by atoms with Gasteiger partial charge < -0.3 is 19.0 Å². The van der Waals surface area contributed by atoms with Gasteiger partial charge in [-0.1, -0.05) is 12.1 Å². The molecular weight excluding hydrogens is 346 g/mol. The third-order valence-corrected chi connectivity index (χ3v) is 4.07. The lowest BCUT2D eigenvalue weighted by Crippen LogP contribution is -2.01. The van der Waals surface area contributed by atoms with Crippen molar-refractivity contribution in [3.8, 4) is 28.7 Å². The number of benzene rings is 2. The first-order chi connectivity index (χ1) is 13.1. The summed E-state index contributed by atoms with van der Waals surface area (Å²) in [4.78, 5) is 16.7. The van der Waals surface area contributed by atoms with Gasteiger partial charge in [-0.3, -0.25) is 4.79 Å². The van der Waals surface area contributed by atoms with Crippen molar-refractivity contribution in [2.75, 3.05) is 13.7 Å². The summed E-state index contributed by atoms with van der Waals surface area (Å²) in [7, 11) is 1.59. The quantitative estimate of drug-likeness (QED) is 0.599. The lowest BCUT2D eigenvalue weighted by Gasteiger charge is -2.09. The number of hydrogen-bond donors (Lipinski definition) is 1. The molecule has 0 aliphatic heterocycles. The van der Waals surface area contributed by atoms with Crippen LogP contribution < -0.4 is 9.47 Å². The second kappa shape index (κ2) is 8.40. The van der Waals surface area contributed by atoms with Gasteiger partial charge in [0.15, 0.2) is 17.3 Å². The van der Waals surface area contributed by atoms with Crippen LogP contribution in [0.5, 0.6) is 17.2 Å². The number of aromatic hydroxyl groups is 1. The monoisotopic (exact) mass is 367 g/mol. The fraction of sp³-hybridized carbons (Fsp3) is 0.238. The number of aromatic nitrogens is 1. The van der Waals surface area contributed by atoms with Gasteiger partial charge in [-0.15, -0.1) is 0 Å². The summed E-state index contributed by atoms with van der Waals surface area (Å²) in [5.74, 6) is 1.56. The molecule has 0 atom stereocenters. The lowest BCUT2D eigenvalue weighted by molar-refractivity contribution is 0.0980. The fourth-order valence-electron chi connectivity index (χ4n) is 2.72. The zero-order chi connectivity index (χ0) is 19.2. The zero-order valence-electron chi connectivity index (χ0n) is 15.3.